The number of halogens is 4. The highest BCUT2D eigenvalue weighted by Crippen LogP contribution is 2.33. The average molecular weight is 440 g/mol. The summed E-state index contributed by atoms with van der Waals surface area (Å²) in [6.45, 7) is 0. The smallest absolute Gasteiger partial charge is 0.478 e. The van der Waals surface area contributed by atoms with Crippen LogP contribution in [-0.4, -0.2) is 30.8 Å². The quantitative estimate of drug-likeness (QED) is 0.766. The van der Waals surface area contributed by atoms with Gasteiger partial charge in [-0.1, -0.05) is 15.9 Å². The van der Waals surface area contributed by atoms with Crippen LogP contribution in [0.15, 0.2) is 46.0 Å². The lowest BCUT2D eigenvalue weighted by molar-refractivity contribution is -0.275. The largest absolute Gasteiger partial charge is 0.573 e. The van der Waals surface area contributed by atoms with Crippen LogP contribution in [0.5, 0.6) is 5.75 Å². The third kappa shape index (κ3) is 5.16. The molecule has 0 radical (unpaired) electrons. The van der Waals surface area contributed by atoms with Crippen molar-refractivity contribution >= 4 is 31.7 Å². The molecule has 2 rings (SSSR count). The highest BCUT2D eigenvalue weighted by Gasteiger charge is 2.34. The number of ether oxygens (including phenoxy) is 1. The number of aromatic carboxylic acids is 1. The van der Waals surface area contributed by atoms with Gasteiger partial charge in [-0.05, 0) is 29.8 Å². The number of aromatic nitrogens is 1. The van der Waals surface area contributed by atoms with Gasteiger partial charge in [0.15, 0.2) is 9.84 Å². The van der Waals surface area contributed by atoms with Crippen molar-refractivity contribution in [3.05, 3.63) is 52.3 Å². The highest BCUT2D eigenvalue weighted by atomic mass is 79.9. The number of rotatable bonds is 5. The van der Waals surface area contributed by atoms with E-state index in [1.807, 2.05) is 0 Å². The fourth-order valence-electron chi connectivity index (χ4n) is 1.91. The van der Waals surface area contributed by atoms with Crippen LogP contribution >= 0.6 is 15.9 Å². The summed E-state index contributed by atoms with van der Waals surface area (Å²) in [5.74, 6) is -2.93. The lowest BCUT2D eigenvalue weighted by Gasteiger charge is -2.14. The highest BCUT2D eigenvalue weighted by molar-refractivity contribution is 9.10. The van der Waals surface area contributed by atoms with Crippen LogP contribution < -0.4 is 4.74 Å². The molecule has 0 fully saturated rings. The van der Waals surface area contributed by atoms with Crippen molar-refractivity contribution in [2.24, 2.45) is 0 Å². The average Bonchev–Trinajstić information content (AvgIpc) is 2.47. The van der Waals surface area contributed by atoms with E-state index in [1.54, 1.807) is 0 Å². The number of nitrogens with zero attached hydrogens (tertiary/aromatic N) is 1. The fraction of sp³-hybridized carbons (Fsp3) is 0.143. The van der Waals surface area contributed by atoms with Crippen LogP contribution in [0.3, 0.4) is 0 Å². The van der Waals surface area contributed by atoms with Gasteiger partial charge >= 0.3 is 12.3 Å². The number of benzene rings is 1. The molecule has 6 nitrogen and oxygen atoms in total. The summed E-state index contributed by atoms with van der Waals surface area (Å²) < 4.78 is 66.4. The Kier molecular flexibility index (Phi) is 5.37. The summed E-state index contributed by atoms with van der Waals surface area (Å²) >= 11 is 2.99. The van der Waals surface area contributed by atoms with Gasteiger partial charge in [0.1, 0.15) is 10.6 Å². The van der Waals surface area contributed by atoms with Crippen molar-refractivity contribution in [3.63, 3.8) is 0 Å². The molecule has 0 amide bonds. The molecule has 0 aliphatic heterocycles. The van der Waals surface area contributed by atoms with Gasteiger partial charge in [-0.2, -0.15) is 0 Å². The van der Waals surface area contributed by atoms with Crippen LogP contribution in [-0.2, 0) is 15.6 Å². The molecule has 1 aromatic heterocycles. The standard InChI is InChI=1S/C14H9BrF3NO5S/c15-10-1-2-11(24-14(16,17)18)12(4-10)25(22,23)7-8-3-9(13(20)21)6-19-5-8/h1-6H,7H2,(H,20,21). The zero-order valence-corrected chi connectivity index (χ0v) is 14.5. The number of pyridine rings is 1. The van der Waals surface area contributed by atoms with E-state index >= 15 is 0 Å². The zero-order chi connectivity index (χ0) is 18.8. The van der Waals surface area contributed by atoms with Gasteiger partial charge in [-0.3, -0.25) is 4.98 Å². The van der Waals surface area contributed by atoms with Crippen molar-refractivity contribution in [1.82, 2.24) is 4.98 Å². The predicted molar refractivity (Wildman–Crippen MR) is 82.9 cm³/mol. The minimum atomic E-state index is -5.07. The Morgan fingerprint density at radius 2 is 1.92 bits per heavy atom. The molecule has 0 aliphatic carbocycles. The minimum Gasteiger partial charge on any atom is -0.478 e. The second-order valence-corrected chi connectivity index (χ2v) is 7.66. The predicted octanol–water partition coefficient (Wildman–Crippen LogP) is 3.41. The molecule has 1 heterocycles. The molecule has 0 atom stereocenters. The van der Waals surface area contributed by atoms with E-state index in [0.29, 0.717) is 0 Å². The van der Waals surface area contributed by atoms with Crippen molar-refractivity contribution in [2.75, 3.05) is 0 Å². The van der Waals surface area contributed by atoms with Crippen molar-refractivity contribution in [3.8, 4) is 5.75 Å². The summed E-state index contributed by atoms with van der Waals surface area (Å²) in [6.07, 6.45) is -2.93. The van der Waals surface area contributed by atoms with E-state index in [2.05, 4.69) is 25.7 Å². The number of carboxylic acids is 1. The number of carbonyl (C=O) groups is 1. The van der Waals surface area contributed by atoms with Gasteiger partial charge in [0.05, 0.1) is 11.3 Å². The van der Waals surface area contributed by atoms with Crippen LogP contribution in [0.1, 0.15) is 15.9 Å². The van der Waals surface area contributed by atoms with E-state index in [1.165, 1.54) is 6.07 Å². The lowest BCUT2D eigenvalue weighted by Crippen LogP contribution is -2.19. The Morgan fingerprint density at radius 3 is 2.52 bits per heavy atom. The summed E-state index contributed by atoms with van der Waals surface area (Å²) in [5.41, 5.74) is -0.230. The van der Waals surface area contributed by atoms with E-state index in [4.69, 9.17) is 5.11 Å². The molecule has 0 bridgehead atoms. The third-order valence-corrected chi connectivity index (χ3v) is 5.06. The maximum absolute atomic E-state index is 12.5. The molecule has 2 aromatic rings. The molecular weight excluding hydrogens is 431 g/mol. The van der Waals surface area contributed by atoms with Crippen LogP contribution in [0.25, 0.3) is 0 Å². The number of sulfone groups is 1. The van der Waals surface area contributed by atoms with Gasteiger partial charge in [0.25, 0.3) is 0 Å². The summed E-state index contributed by atoms with van der Waals surface area (Å²) in [6, 6.07) is 4.13. The van der Waals surface area contributed by atoms with Gasteiger partial charge in [0, 0.05) is 16.9 Å². The Morgan fingerprint density at radius 1 is 1.24 bits per heavy atom. The van der Waals surface area contributed by atoms with Crippen molar-refractivity contribution in [1.29, 1.82) is 0 Å². The number of hydrogen-bond acceptors (Lipinski definition) is 5. The van der Waals surface area contributed by atoms with Gasteiger partial charge in [-0.15, -0.1) is 13.2 Å². The first-order chi connectivity index (χ1) is 11.5. The van der Waals surface area contributed by atoms with Gasteiger partial charge in [-0.25, -0.2) is 13.2 Å². The summed E-state index contributed by atoms with van der Waals surface area (Å²) in [5, 5.41) is 8.89. The molecule has 0 saturated heterocycles. The first-order valence-corrected chi connectivity index (χ1v) is 8.88. The molecule has 11 heteroatoms. The SMILES string of the molecule is O=C(O)c1cncc(CS(=O)(=O)c2cc(Br)ccc2OC(F)(F)F)c1. The number of carboxylic acid groups (broad SMARTS) is 1. The van der Waals surface area contributed by atoms with Crippen LogP contribution in [0.4, 0.5) is 13.2 Å². The molecular formula is C14H9BrF3NO5S. The Hall–Kier alpha value is -2.14. The summed E-state index contributed by atoms with van der Waals surface area (Å²) in [7, 11) is -4.27. The third-order valence-electron chi connectivity index (χ3n) is 2.87. The second-order valence-electron chi connectivity index (χ2n) is 4.78. The van der Waals surface area contributed by atoms with Crippen molar-refractivity contribution < 1.29 is 36.2 Å². The maximum atomic E-state index is 12.5. The summed E-state index contributed by atoms with van der Waals surface area (Å²) in [4.78, 5) is 13.8. The molecule has 1 aromatic carbocycles. The molecule has 0 saturated carbocycles. The van der Waals surface area contributed by atoms with Crippen molar-refractivity contribution in [2.45, 2.75) is 17.0 Å². The van der Waals surface area contributed by atoms with E-state index in [9.17, 15) is 26.4 Å². The molecule has 0 spiro atoms. The first-order valence-electron chi connectivity index (χ1n) is 6.43. The van der Waals surface area contributed by atoms with E-state index in [0.717, 1.165) is 30.6 Å². The van der Waals surface area contributed by atoms with Gasteiger partial charge in [0.2, 0.25) is 0 Å². The van der Waals surface area contributed by atoms with Crippen LogP contribution in [0, 0.1) is 0 Å². The lowest BCUT2D eigenvalue weighted by atomic mass is 10.2. The topological polar surface area (TPSA) is 93.6 Å². The number of alkyl halides is 3. The van der Waals surface area contributed by atoms with E-state index < -0.39 is 38.6 Å². The Balaban J connectivity index is 2.44. The zero-order valence-electron chi connectivity index (χ0n) is 12.1. The molecule has 1 N–H and O–H groups in total. The fourth-order valence-corrected chi connectivity index (χ4v) is 3.90. The van der Waals surface area contributed by atoms with Gasteiger partial charge < -0.3 is 9.84 Å². The molecule has 25 heavy (non-hydrogen) atoms. The first kappa shape index (κ1) is 19.2. The molecule has 0 aliphatic rings. The van der Waals surface area contributed by atoms with E-state index in [-0.39, 0.29) is 15.6 Å². The normalized spacial score (nSPS) is 12.0. The Bertz CT molecular complexity index is 915. The van der Waals surface area contributed by atoms with Crippen LogP contribution in [0.2, 0.25) is 0 Å². The molecule has 0 unspecified atom stereocenters. The minimum absolute atomic E-state index is 0.0119. The molecule has 134 valence electrons. The number of hydrogen-bond donors (Lipinski definition) is 1. The Labute approximate surface area is 148 Å². The second kappa shape index (κ2) is 7.00. The maximum Gasteiger partial charge on any atom is 0.573 e. The monoisotopic (exact) mass is 439 g/mol.